The lowest BCUT2D eigenvalue weighted by molar-refractivity contribution is -0.154. The minimum absolute atomic E-state index is 0.0255. The van der Waals surface area contributed by atoms with E-state index in [1.807, 2.05) is 30.6 Å². The third kappa shape index (κ3) is 7.87. The number of aromatic amines is 1. The van der Waals surface area contributed by atoms with Crippen molar-refractivity contribution in [2.45, 2.75) is 145 Å². The number of rotatable bonds is 11. The van der Waals surface area contributed by atoms with Gasteiger partial charge in [-0.05, 0) is 120 Å². The molecule has 312 valence electrons. The number of benzene rings is 3. The Labute approximate surface area is 343 Å². The first-order valence-electron chi connectivity index (χ1n) is 21.9. The fourth-order valence-electron chi connectivity index (χ4n) is 11.9. The Balaban J connectivity index is 1.06. The number of H-pyrrole nitrogens is 1. The largest absolute Gasteiger partial charge is 0.508 e. The second-order valence-corrected chi connectivity index (χ2v) is 18.3. The van der Waals surface area contributed by atoms with Gasteiger partial charge in [-0.3, -0.25) is 0 Å². The number of nitrogens with one attached hydrogen (secondary N) is 1. The second kappa shape index (κ2) is 17.3. The van der Waals surface area contributed by atoms with Crippen LogP contribution in [0.1, 0.15) is 147 Å². The zero-order chi connectivity index (χ0) is 40.6. The van der Waals surface area contributed by atoms with Gasteiger partial charge < -0.3 is 45.1 Å². The average Bonchev–Trinajstić information content (AvgIpc) is 3.76. The molecule has 9 nitrogen and oxygen atoms in total. The van der Waals surface area contributed by atoms with Crippen molar-refractivity contribution in [3.8, 4) is 23.0 Å². The van der Waals surface area contributed by atoms with Crippen LogP contribution in [0.5, 0.6) is 23.0 Å². The van der Waals surface area contributed by atoms with Gasteiger partial charge in [0.1, 0.15) is 5.75 Å². The van der Waals surface area contributed by atoms with E-state index < -0.39 is 36.4 Å². The summed E-state index contributed by atoms with van der Waals surface area (Å²) in [6.07, 6.45) is 14.0. The molecule has 0 bridgehead atoms. The topological polar surface area (TPSA) is 156 Å². The van der Waals surface area contributed by atoms with Crippen LogP contribution in [0.3, 0.4) is 0 Å². The van der Waals surface area contributed by atoms with E-state index in [0.717, 1.165) is 68.1 Å². The number of hydrogen-bond acceptors (Lipinski definition) is 8. The number of methoxy groups -OCH3 is 1. The minimum Gasteiger partial charge on any atom is -0.508 e. The molecule has 7 N–H and O–H groups in total. The van der Waals surface area contributed by atoms with Gasteiger partial charge in [-0.2, -0.15) is 0 Å². The molecule has 0 spiro atoms. The predicted octanol–water partition coefficient (Wildman–Crippen LogP) is 9.17. The van der Waals surface area contributed by atoms with E-state index in [1.54, 1.807) is 0 Å². The van der Waals surface area contributed by atoms with E-state index >= 15 is 0 Å². The SMILES string of the molecule is COc1c(O)c(O)c(CO)c([C@@H]2C[C@H](O)[C@H]3CC[C@@H](c4ccc(O)c([C@@H]5C[C@@H](C)CC[C@H]5[C@H](O)CC5(c6ccccc6)CCCCC5)c4)C[C@@H]3O2)c1Cc1cc[nH]c1. The smallest absolute Gasteiger partial charge is 0.201 e. The molecule has 9 atom stereocenters. The van der Waals surface area contributed by atoms with E-state index in [4.69, 9.17) is 9.47 Å². The van der Waals surface area contributed by atoms with Gasteiger partial charge in [0, 0.05) is 42.3 Å². The van der Waals surface area contributed by atoms with Crippen LogP contribution in [0.25, 0.3) is 0 Å². The summed E-state index contributed by atoms with van der Waals surface area (Å²) in [6, 6.07) is 18.8. The summed E-state index contributed by atoms with van der Waals surface area (Å²) in [6.45, 7) is 1.77. The zero-order valence-corrected chi connectivity index (χ0v) is 34.2. The quantitative estimate of drug-likeness (QED) is 0.0742. The highest BCUT2D eigenvalue weighted by Crippen LogP contribution is 2.54. The van der Waals surface area contributed by atoms with Crippen molar-refractivity contribution in [1.29, 1.82) is 0 Å². The predicted molar refractivity (Wildman–Crippen MR) is 223 cm³/mol. The maximum Gasteiger partial charge on any atom is 0.201 e. The normalized spacial score (nSPS) is 29.1. The van der Waals surface area contributed by atoms with E-state index in [2.05, 4.69) is 48.3 Å². The average molecular weight is 794 g/mol. The Kier molecular flexibility index (Phi) is 12.1. The van der Waals surface area contributed by atoms with Crippen molar-refractivity contribution in [3.05, 3.63) is 106 Å². The molecule has 0 radical (unpaired) electrons. The summed E-state index contributed by atoms with van der Waals surface area (Å²) in [5.74, 6) is 0.172. The number of aliphatic hydroxyl groups excluding tert-OH is 3. The Bertz CT molecular complexity index is 1990. The summed E-state index contributed by atoms with van der Waals surface area (Å²) in [4.78, 5) is 3.07. The summed E-state index contributed by atoms with van der Waals surface area (Å²) in [7, 11) is 1.44. The molecule has 0 unspecified atom stereocenters. The van der Waals surface area contributed by atoms with Gasteiger partial charge in [-0.15, -0.1) is 0 Å². The Hall–Kier alpha value is -4.02. The number of ether oxygens (including phenoxy) is 2. The van der Waals surface area contributed by atoms with Gasteiger partial charge in [0.25, 0.3) is 0 Å². The molecule has 8 rings (SSSR count). The van der Waals surface area contributed by atoms with Gasteiger partial charge in [-0.25, -0.2) is 0 Å². The molecule has 3 aromatic carbocycles. The number of aromatic hydroxyl groups is 3. The van der Waals surface area contributed by atoms with Crippen LogP contribution in [-0.2, 0) is 23.2 Å². The lowest BCUT2D eigenvalue weighted by Gasteiger charge is -2.46. The molecular formula is C49H63NO8. The number of aromatic nitrogens is 1. The molecule has 58 heavy (non-hydrogen) atoms. The van der Waals surface area contributed by atoms with Crippen molar-refractivity contribution in [2.24, 2.45) is 17.8 Å². The second-order valence-electron chi connectivity index (χ2n) is 18.3. The van der Waals surface area contributed by atoms with Gasteiger partial charge in [-0.1, -0.05) is 75.1 Å². The summed E-state index contributed by atoms with van der Waals surface area (Å²) < 4.78 is 12.6. The highest BCUT2D eigenvalue weighted by Gasteiger charge is 2.45. The van der Waals surface area contributed by atoms with E-state index in [1.165, 1.54) is 31.9 Å². The maximum absolute atomic E-state index is 12.3. The first-order chi connectivity index (χ1) is 28.1. The van der Waals surface area contributed by atoms with Crippen LogP contribution in [0.2, 0.25) is 0 Å². The van der Waals surface area contributed by atoms with Crippen LogP contribution < -0.4 is 4.74 Å². The minimum atomic E-state index is -0.664. The lowest BCUT2D eigenvalue weighted by atomic mass is 9.62. The molecule has 9 heteroatoms. The molecule has 3 aliphatic carbocycles. The van der Waals surface area contributed by atoms with Crippen molar-refractivity contribution in [3.63, 3.8) is 0 Å². The fourth-order valence-corrected chi connectivity index (χ4v) is 11.9. The van der Waals surface area contributed by atoms with Gasteiger partial charge in [0.15, 0.2) is 11.5 Å². The fraction of sp³-hybridized carbons (Fsp3) is 0.551. The number of phenols is 3. The highest BCUT2D eigenvalue weighted by atomic mass is 16.5. The molecule has 1 saturated heterocycles. The maximum atomic E-state index is 12.3. The highest BCUT2D eigenvalue weighted by molar-refractivity contribution is 5.64. The third-order valence-corrected chi connectivity index (χ3v) is 14.9. The molecule has 1 aromatic heterocycles. The number of phenolic OH excluding ortho intramolecular Hbond substituents is 2. The molecule has 1 aliphatic heterocycles. The van der Waals surface area contributed by atoms with Gasteiger partial charge >= 0.3 is 0 Å². The van der Waals surface area contributed by atoms with Gasteiger partial charge in [0.2, 0.25) is 5.75 Å². The summed E-state index contributed by atoms with van der Waals surface area (Å²) in [5, 5.41) is 68.1. The monoisotopic (exact) mass is 793 g/mol. The van der Waals surface area contributed by atoms with E-state index in [0.29, 0.717) is 35.6 Å². The van der Waals surface area contributed by atoms with Crippen LogP contribution >= 0.6 is 0 Å². The van der Waals surface area contributed by atoms with E-state index in [-0.39, 0.29) is 52.9 Å². The Morgan fingerprint density at radius 1 is 0.897 bits per heavy atom. The Morgan fingerprint density at radius 3 is 2.41 bits per heavy atom. The van der Waals surface area contributed by atoms with Crippen molar-refractivity contribution in [1.82, 2.24) is 4.98 Å². The van der Waals surface area contributed by atoms with Crippen LogP contribution in [0.15, 0.2) is 67.0 Å². The molecule has 3 saturated carbocycles. The number of fused-ring (bicyclic) bond motifs is 1. The first-order valence-corrected chi connectivity index (χ1v) is 21.9. The zero-order valence-electron chi connectivity index (χ0n) is 34.2. The van der Waals surface area contributed by atoms with E-state index in [9.17, 15) is 30.6 Å². The molecule has 2 heterocycles. The van der Waals surface area contributed by atoms with Crippen molar-refractivity contribution in [2.75, 3.05) is 7.11 Å². The van der Waals surface area contributed by atoms with Crippen molar-refractivity contribution >= 4 is 0 Å². The molecule has 0 amide bonds. The molecular weight excluding hydrogens is 731 g/mol. The third-order valence-electron chi connectivity index (χ3n) is 14.9. The number of hydrogen-bond donors (Lipinski definition) is 7. The summed E-state index contributed by atoms with van der Waals surface area (Å²) >= 11 is 0. The first kappa shape index (κ1) is 40.7. The standard InChI is InChI=1S/C49H63NO8/c1-29-11-14-34(42(54)26-49(18-7-4-8-19-49)33-9-5-3-6-10-33)36(21-29)37-23-31(13-16-40(37)52)32-12-15-35-41(53)25-44(58-43(35)24-32)45-38(22-30-17-20-50-27-30)48(57-2)47(56)46(55)39(45)28-51/h3,5-6,9-10,13,16-17,20,23,27,29,32,34-36,41-44,50-56H,4,7-8,11-12,14-15,18-19,21-22,24-26,28H2,1-2H3/t29-,32+,34+,35+,36+,41-,42+,43-,44-/m0/s1. The van der Waals surface area contributed by atoms with Crippen LogP contribution in [-0.4, -0.2) is 61.0 Å². The molecule has 4 aliphatic rings. The van der Waals surface area contributed by atoms with Crippen LogP contribution in [0, 0.1) is 17.8 Å². The number of aliphatic hydroxyl groups is 3. The molecule has 4 aromatic rings. The van der Waals surface area contributed by atoms with Crippen LogP contribution in [0.4, 0.5) is 0 Å². The summed E-state index contributed by atoms with van der Waals surface area (Å²) in [5.41, 5.74) is 5.63. The Morgan fingerprint density at radius 2 is 1.69 bits per heavy atom. The van der Waals surface area contributed by atoms with Crippen molar-refractivity contribution < 1.29 is 40.1 Å². The lowest BCUT2D eigenvalue weighted by Crippen LogP contribution is -2.44. The van der Waals surface area contributed by atoms with Gasteiger partial charge in [0.05, 0.1) is 38.1 Å². The molecule has 4 fully saturated rings.